The maximum absolute atomic E-state index is 9.54. The highest BCUT2D eigenvalue weighted by molar-refractivity contribution is 5.83. The highest BCUT2D eigenvalue weighted by Gasteiger charge is 2.12. The van der Waals surface area contributed by atoms with Gasteiger partial charge >= 0.3 is 6.01 Å². The van der Waals surface area contributed by atoms with Crippen LogP contribution in [0.25, 0.3) is 0 Å². The van der Waals surface area contributed by atoms with E-state index in [9.17, 15) is 5.26 Å². The number of aromatic nitrogens is 4. The predicted octanol–water partition coefficient (Wildman–Crippen LogP) is 4.67. The quantitative estimate of drug-likeness (QED) is 0.459. The molecule has 146 valence electrons. The molecule has 0 atom stereocenters. The molecule has 0 aliphatic rings. The van der Waals surface area contributed by atoms with Crippen LogP contribution in [0.4, 0.5) is 17.3 Å². The second-order valence-corrected chi connectivity index (χ2v) is 6.36. The molecule has 0 unspecified atom stereocenters. The van der Waals surface area contributed by atoms with Gasteiger partial charge in [-0.25, -0.2) is 15.0 Å². The fourth-order valence-corrected chi connectivity index (χ4v) is 2.69. The molecule has 30 heavy (non-hydrogen) atoms. The summed E-state index contributed by atoms with van der Waals surface area (Å²) in [5.41, 5.74) is 3.15. The lowest BCUT2D eigenvalue weighted by molar-refractivity contribution is 0.442. The zero-order chi connectivity index (χ0) is 20.8. The fourth-order valence-electron chi connectivity index (χ4n) is 2.69. The molecule has 0 amide bonds. The Morgan fingerprint density at radius 2 is 1.90 bits per heavy atom. The molecule has 2 heterocycles. The topological polar surface area (TPSA) is 112 Å². The van der Waals surface area contributed by atoms with E-state index in [1.54, 1.807) is 36.8 Å². The first-order valence-electron chi connectivity index (χ1n) is 9.12. The van der Waals surface area contributed by atoms with Crippen molar-refractivity contribution in [1.82, 2.24) is 20.2 Å². The SMILES string of the molecule is Cc1cccc(Nc2[nH]nc(N=Cc3ccc(Oc4ncccn4)cc3)c2C#N)c1. The summed E-state index contributed by atoms with van der Waals surface area (Å²) in [4.78, 5) is 12.4. The molecule has 2 aromatic heterocycles. The van der Waals surface area contributed by atoms with Crippen LogP contribution in [0.3, 0.4) is 0 Å². The maximum Gasteiger partial charge on any atom is 0.321 e. The third-order valence-corrected chi connectivity index (χ3v) is 4.11. The minimum Gasteiger partial charge on any atom is -0.424 e. The number of hydrogen-bond donors (Lipinski definition) is 2. The summed E-state index contributed by atoms with van der Waals surface area (Å²) in [5, 5.41) is 19.7. The van der Waals surface area contributed by atoms with Gasteiger partial charge in [-0.2, -0.15) is 10.4 Å². The lowest BCUT2D eigenvalue weighted by atomic mass is 10.2. The van der Waals surface area contributed by atoms with Crippen molar-refractivity contribution in [3.8, 4) is 17.8 Å². The average Bonchev–Trinajstić information content (AvgIpc) is 3.15. The second kappa shape index (κ2) is 8.67. The first-order chi connectivity index (χ1) is 14.7. The number of nitriles is 1. The van der Waals surface area contributed by atoms with Crippen LogP contribution in [0.5, 0.6) is 11.8 Å². The van der Waals surface area contributed by atoms with Gasteiger partial charge in [0, 0.05) is 24.3 Å². The molecule has 2 aromatic carbocycles. The van der Waals surface area contributed by atoms with Gasteiger partial charge in [-0.3, -0.25) is 5.10 Å². The summed E-state index contributed by atoms with van der Waals surface area (Å²) in [6, 6.07) is 19.3. The molecule has 0 fully saturated rings. The van der Waals surface area contributed by atoms with Gasteiger partial charge in [-0.1, -0.05) is 12.1 Å². The zero-order valence-corrected chi connectivity index (χ0v) is 16.1. The van der Waals surface area contributed by atoms with E-state index in [0.717, 1.165) is 16.8 Å². The summed E-state index contributed by atoms with van der Waals surface area (Å²) in [5.74, 6) is 1.42. The lowest BCUT2D eigenvalue weighted by Crippen LogP contribution is -1.93. The van der Waals surface area contributed by atoms with E-state index < -0.39 is 0 Å². The Labute approximate surface area is 172 Å². The average molecular weight is 395 g/mol. The molecule has 0 saturated heterocycles. The van der Waals surface area contributed by atoms with Crippen molar-refractivity contribution >= 4 is 23.5 Å². The number of rotatable bonds is 6. The Morgan fingerprint density at radius 3 is 2.63 bits per heavy atom. The van der Waals surface area contributed by atoms with Crippen molar-refractivity contribution in [2.75, 3.05) is 5.32 Å². The van der Waals surface area contributed by atoms with E-state index >= 15 is 0 Å². The van der Waals surface area contributed by atoms with Gasteiger partial charge < -0.3 is 10.1 Å². The number of nitrogens with zero attached hydrogens (tertiary/aromatic N) is 5. The molecule has 2 N–H and O–H groups in total. The number of aromatic amines is 1. The van der Waals surface area contributed by atoms with Crippen LogP contribution in [0.1, 0.15) is 16.7 Å². The maximum atomic E-state index is 9.54. The number of benzene rings is 2. The zero-order valence-electron chi connectivity index (χ0n) is 16.1. The molecule has 0 bridgehead atoms. The van der Waals surface area contributed by atoms with Crippen LogP contribution in [0.15, 0.2) is 72.0 Å². The molecular formula is C22H17N7O. The monoisotopic (exact) mass is 395 g/mol. The number of aliphatic imine (C=N–C) groups is 1. The first-order valence-corrected chi connectivity index (χ1v) is 9.12. The Bertz CT molecular complexity index is 1210. The number of hydrogen-bond acceptors (Lipinski definition) is 7. The van der Waals surface area contributed by atoms with Crippen LogP contribution in [0, 0.1) is 18.3 Å². The van der Waals surface area contributed by atoms with E-state index in [2.05, 4.69) is 36.5 Å². The first kappa shape index (κ1) is 18.8. The number of nitrogens with one attached hydrogen (secondary N) is 2. The highest BCUT2D eigenvalue weighted by Crippen LogP contribution is 2.26. The number of ether oxygens (including phenoxy) is 1. The largest absolute Gasteiger partial charge is 0.424 e. The minimum absolute atomic E-state index is 0.280. The molecule has 0 aliphatic carbocycles. The molecule has 0 radical (unpaired) electrons. The van der Waals surface area contributed by atoms with Gasteiger partial charge in [0.15, 0.2) is 5.82 Å². The van der Waals surface area contributed by atoms with Gasteiger partial charge in [-0.15, -0.1) is 0 Å². The Balaban J connectivity index is 1.47. The summed E-state index contributed by atoms with van der Waals surface area (Å²) < 4.78 is 5.57. The summed E-state index contributed by atoms with van der Waals surface area (Å²) >= 11 is 0. The van der Waals surface area contributed by atoms with Crippen LogP contribution < -0.4 is 10.1 Å². The van der Waals surface area contributed by atoms with E-state index in [1.165, 1.54) is 0 Å². The molecule has 8 heteroatoms. The predicted molar refractivity (Wildman–Crippen MR) is 114 cm³/mol. The molecule has 8 nitrogen and oxygen atoms in total. The van der Waals surface area contributed by atoms with Gasteiger partial charge in [0.2, 0.25) is 0 Å². The van der Waals surface area contributed by atoms with Crippen LogP contribution in [-0.4, -0.2) is 26.4 Å². The van der Waals surface area contributed by atoms with E-state index in [0.29, 0.717) is 22.9 Å². The normalized spacial score (nSPS) is 10.7. The van der Waals surface area contributed by atoms with Crippen molar-refractivity contribution in [2.45, 2.75) is 6.92 Å². The highest BCUT2D eigenvalue weighted by atomic mass is 16.5. The van der Waals surface area contributed by atoms with Crippen molar-refractivity contribution in [2.24, 2.45) is 4.99 Å². The smallest absolute Gasteiger partial charge is 0.321 e. The lowest BCUT2D eigenvalue weighted by Gasteiger charge is -2.04. The Morgan fingerprint density at radius 1 is 1.10 bits per heavy atom. The third-order valence-electron chi connectivity index (χ3n) is 4.11. The van der Waals surface area contributed by atoms with Gasteiger partial charge in [-0.05, 0) is 60.5 Å². The van der Waals surface area contributed by atoms with Gasteiger partial charge in [0.25, 0.3) is 0 Å². The van der Waals surface area contributed by atoms with Crippen molar-refractivity contribution in [3.05, 3.63) is 83.7 Å². The summed E-state index contributed by atoms with van der Waals surface area (Å²) in [6.07, 6.45) is 4.86. The van der Waals surface area contributed by atoms with E-state index in [4.69, 9.17) is 4.74 Å². The summed E-state index contributed by atoms with van der Waals surface area (Å²) in [7, 11) is 0. The van der Waals surface area contributed by atoms with Crippen molar-refractivity contribution < 1.29 is 4.74 Å². The van der Waals surface area contributed by atoms with Crippen molar-refractivity contribution in [1.29, 1.82) is 5.26 Å². The van der Waals surface area contributed by atoms with Gasteiger partial charge in [0.05, 0.1) is 0 Å². The molecule has 0 saturated carbocycles. The molecular weight excluding hydrogens is 378 g/mol. The van der Waals surface area contributed by atoms with Crippen molar-refractivity contribution in [3.63, 3.8) is 0 Å². The van der Waals surface area contributed by atoms with Crippen LogP contribution in [-0.2, 0) is 0 Å². The van der Waals surface area contributed by atoms with E-state index in [-0.39, 0.29) is 6.01 Å². The molecule has 4 aromatic rings. The molecule has 4 rings (SSSR count). The van der Waals surface area contributed by atoms with Gasteiger partial charge in [0.1, 0.15) is 23.2 Å². The standard InChI is InChI=1S/C22H17N7O/c1-15-4-2-5-17(12-15)27-21-19(13-23)20(28-29-21)26-14-16-6-8-18(9-7-16)30-22-24-10-3-11-25-22/h2-12,14H,1H3,(H2,27,28,29). The number of H-pyrrole nitrogens is 1. The van der Waals surface area contributed by atoms with Crippen LogP contribution >= 0.6 is 0 Å². The number of anilines is 2. The van der Waals surface area contributed by atoms with Crippen LogP contribution in [0.2, 0.25) is 0 Å². The molecule has 0 spiro atoms. The third kappa shape index (κ3) is 4.48. The Hall–Kier alpha value is -4.51. The minimum atomic E-state index is 0.280. The number of aryl methyl sites for hydroxylation is 1. The van der Waals surface area contributed by atoms with E-state index in [1.807, 2.05) is 43.3 Å². The molecule has 0 aliphatic heterocycles. The summed E-state index contributed by atoms with van der Waals surface area (Å²) in [6.45, 7) is 2.00. The fraction of sp³-hybridized carbons (Fsp3) is 0.0455. The second-order valence-electron chi connectivity index (χ2n) is 6.36. The Kier molecular flexibility index (Phi) is 5.44.